The Morgan fingerprint density at radius 3 is 2.58 bits per heavy atom. The van der Waals surface area contributed by atoms with Gasteiger partial charge >= 0.3 is 5.69 Å². The molecular weight excluding hydrogens is 244 g/mol. The molecule has 0 amide bonds. The van der Waals surface area contributed by atoms with E-state index in [2.05, 4.69) is 4.98 Å². The minimum Gasteiger partial charge on any atom is -0.494 e. The molecule has 19 heavy (non-hydrogen) atoms. The van der Waals surface area contributed by atoms with E-state index in [-0.39, 0.29) is 11.4 Å². The van der Waals surface area contributed by atoms with Crippen molar-refractivity contribution >= 4 is 0 Å². The third-order valence-corrected chi connectivity index (χ3v) is 3.11. The van der Waals surface area contributed by atoms with Crippen LogP contribution in [-0.2, 0) is 0 Å². The van der Waals surface area contributed by atoms with Gasteiger partial charge < -0.3 is 5.11 Å². The zero-order chi connectivity index (χ0) is 14.2. The molecule has 2 rings (SSSR count). The lowest BCUT2D eigenvalue weighted by molar-refractivity contribution is 0.426. The summed E-state index contributed by atoms with van der Waals surface area (Å²) in [5.41, 5.74) is 0.489. The van der Waals surface area contributed by atoms with Crippen molar-refractivity contribution in [2.45, 2.75) is 26.7 Å². The van der Waals surface area contributed by atoms with E-state index in [0.29, 0.717) is 11.6 Å². The van der Waals surface area contributed by atoms with Crippen LogP contribution in [0.1, 0.15) is 30.9 Å². The third-order valence-electron chi connectivity index (χ3n) is 3.11. The molecule has 5 heteroatoms. The normalized spacial score (nSPS) is 10.9. The number of nitrogens with one attached hydrogen (secondary N) is 1. The zero-order valence-corrected chi connectivity index (χ0v) is 11.1. The van der Waals surface area contributed by atoms with Crippen LogP contribution < -0.4 is 11.2 Å². The van der Waals surface area contributed by atoms with Crippen LogP contribution in [0.2, 0.25) is 0 Å². The number of aromatic amines is 1. The summed E-state index contributed by atoms with van der Waals surface area (Å²) in [5, 5.41) is 9.99. The summed E-state index contributed by atoms with van der Waals surface area (Å²) < 4.78 is 1.10. The van der Waals surface area contributed by atoms with Crippen LogP contribution in [0.4, 0.5) is 0 Å². The van der Waals surface area contributed by atoms with Gasteiger partial charge in [-0.1, -0.05) is 26.0 Å². The lowest BCUT2D eigenvalue weighted by atomic mass is 10.0. The van der Waals surface area contributed by atoms with Gasteiger partial charge in [0.1, 0.15) is 0 Å². The van der Waals surface area contributed by atoms with Gasteiger partial charge in [-0.15, -0.1) is 0 Å². The second-order valence-electron chi connectivity index (χ2n) is 4.79. The first-order valence-electron chi connectivity index (χ1n) is 6.07. The van der Waals surface area contributed by atoms with E-state index in [1.807, 2.05) is 32.0 Å². The smallest absolute Gasteiger partial charge is 0.335 e. The number of aromatic hydroxyl groups is 1. The van der Waals surface area contributed by atoms with Crippen molar-refractivity contribution in [3.8, 4) is 11.6 Å². The Hall–Kier alpha value is -2.30. The first kappa shape index (κ1) is 13.1. The molecule has 0 saturated carbocycles. The molecule has 1 heterocycles. The molecule has 0 bridgehead atoms. The maximum Gasteiger partial charge on any atom is 0.335 e. The predicted molar refractivity (Wildman–Crippen MR) is 73.2 cm³/mol. The van der Waals surface area contributed by atoms with E-state index in [4.69, 9.17) is 0 Å². The Kier molecular flexibility index (Phi) is 3.29. The van der Waals surface area contributed by atoms with Gasteiger partial charge in [0.25, 0.3) is 5.56 Å². The Morgan fingerprint density at radius 1 is 1.26 bits per heavy atom. The number of hydrogen-bond acceptors (Lipinski definition) is 3. The van der Waals surface area contributed by atoms with Gasteiger partial charge in [0.05, 0.1) is 11.3 Å². The molecule has 0 radical (unpaired) electrons. The molecule has 0 unspecified atom stereocenters. The molecule has 0 aliphatic carbocycles. The van der Waals surface area contributed by atoms with E-state index in [9.17, 15) is 14.7 Å². The second-order valence-corrected chi connectivity index (χ2v) is 4.79. The fourth-order valence-corrected chi connectivity index (χ4v) is 1.87. The highest BCUT2D eigenvalue weighted by Crippen LogP contribution is 2.20. The molecule has 0 spiro atoms. The van der Waals surface area contributed by atoms with Gasteiger partial charge in [-0.05, 0) is 30.5 Å². The minimum absolute atomic E-state index is 0.120. The van der Waals surface area contributed by atoms with E-state index in [1.165, 1.54) is 6.92 Å². The summed E-state index contributed by atoms with van der Waals surface area (Å²) in [4.78, 5) is 25.4. The van der Waals surface area contributed by atoms with Crippen molar-refractivity contribution in [1.29, 1.82) is 0 Å². The molecule has 0 fully saturated rings. The third kappa shape index (κ3) is 2.31. The standard InChI is InChI=1S/C14H16N2O3/c1-8(2)10-5-4-6-11(7-10)16-13(18)9(3)12(17)15-14(16)19/h4-8,18H,1-3H3,(H,15,17,19). The summed E-state index contributed by atoms with van der Waals surface area (Å²) in [6.45, 7) is 5.55. The average Bonchev–Trinajstić information content (AvgIpc) is 2.36. The fraction of sp³-hybridized carbons (Fsp3) is 0.286. The highest BCUT2D eigenvalue weighted by molar-refractivity contribution is 5.41. The molecule has 2 aromatic rings. The van der Waals surface area contributed by atoms with Gasteiger partial charge in [0, 0.05) is 0 Å². The maximum absolute atomic E-state index is 11.8. The van der Waals surface area contributed by atoms with Crippen molar-refractivity contribution in [2.24, 2.45) is 0 Å². The van der Waals surface area contributed by atoms with Crippen LogP contribution >= 0.6 is 0 Å². The van der Waals surface area contributed by atoms with E-state index < -0.39 is 11.2 Å². The number of nitrogens with zero attached hydrogens (tertiary/aromatic N) is 1. The molecule has 0 atom stereocenters. The van der Waals surface area contributed by atoms with Crippen molar-refractivity contribution in [1.82, 2.24) is 9.55 Å². The van der Waals surface area contributed by atoms with E-state index in [0.717, 1.165) is 10.1 Å². The van der Waals surface area contributed by atoms with Gasteiger partial charge in [0.15, 0.2) is 0 Å². The SMILES string of the molecule is Cc1c(O)n(-c2cccc(C(C)C)c2)c(=O)[nH]c1=O. The number of hydrogen-bond donors (Lipinski definition) is 2. The van der Waals surface area contributed by atoms with Crippen molar-refractivity contribution < 1.29 is 5.11 Å². The first-order valence-corrected chi connectivity index (χ1v) is 6.07. The number of benzene rings is 1. The predicted octanol–water partition coefficient (Wildman–Crippen LogP) is 1.66. The number of rotatable bonds is 2. The lowest BCUT2D eigenvalue weighted by Gasteiger charge is -2.12. The van der Waals surface area contributed by atoms with E-state index in [1.54, 1.807) is 6.07 Å². The Balaban J connectivity index is 2.73. The highest BCUT2D eigenvalue weighted by atomic mass is 16.3. The molecule has 0 saturated heterocycles. The van der Waals surface area contributed by atoms with Gasteiger partial charge in [-0.2, -0.15) is 0 Å². The maximum atomic E-state index is 11.8. The lowest BCUT2D eigenvalue weighted by Crippen LogP contribution is -2.30. The Bertz CT molecular complexity index is 726. The van der Waals surface area contributed by atoms with Crippen LogP contribution in [0.5, 0.6) is 5.88 Å². The average molecular weight is 260 g/mol. The Morgan fingerprint density at radius 2 is 1.95 bits per heavy atom. The largest absolute Gasteiger partial charge is 0.494 e. The summed E-state index contributed by atoms with van der Waals surface area (Å²) >= 11 is 0. The van der Waals surface area contributed by atoms with Crippen LogP contribution in [0.3, 0.4) is 0 Å². The highest BCUT2D eigenvalue weighted by Gasteiger charge is 2.12. The van der Waals surface area contributed by atoms with Gasteiger partial charge in [-0.3, -0.25) is 9.78 Å². The van der Waals surface area contributed by atoms with E-state index >= 15 is 0 Å². The Labute approximate surface area is 110 Å². The molecule has 0 aliphatic heterocycles. The molecule has 2 N–H and O–H groups in total. The molecular formula is C14H16N2O3. The van der Waals surface area contributed by atoms with Crippen molar-refractivity contribution in [2.75, 3.05) is 0 Å². The van der Waals surface area contributed by atoms with Crippen LogP contribution in [0, 0.1) is 6.92 Å². The summed E-state index contributed by atoms with van der Waals surface area (Å²) in [6.07, 6.45) is 0. The molecule has 5 nitrogen and oxygen atoms in total. The fourth-order valence-electron chi connectivity index (χ4n) is 1.87. The monoisotopic (exact) mass is 260 g/mol. The first-order chi connectivity index (χ1) is 8.91. The van der Waals surface area contributed by atoms with Crippen molar-refractivity contribution in [3.63, 3.8) is 0 Å². The number of aromatic nitrogens is 2. The van der Waals surface area contributed by atoms with Crippen molar-refractivity contribution in [3.05, 3.63) is 56.2 Å². The van der Waals surface area contributed by atoms with Gasteiger partial charge in [-0.25, -0.2) is 9.36 Å². The van der Waals surface area contributed by atoms with Crippen LogP contribution in [0.15, 0.2) is 33.9 Å². The van der Waals surface area contributed by atoms with Crippen LogP contribution in [0.25, 0.3) is 5.69 Å². The van der Waals surface area contributed by atoms with Crippen LogP contribution in [-0.4, -0.2) is 14.7 Å². The second kappa shape index (κ2) is 4.76. The topological polar surface area (TPSA) is 75.1 Å². The quantitative estimate of drug-likeness (QED) is 0.862. The molecule has 1 aromatic carbocycles. The number of H-pyrrole nitrogens is 1. The molecule has 100 valence electrons. The molecule has 0 aliphatic rings. The van der Waals surface area contributed by atoms with Gasteiger partial charge in [0.2, 0.25) is 5.88 Å². The minimum atomic E-state index is -0.644. The summed E-state index contributed by atoms with van der Waals surface area (Å²) in [7, 11) is 0. The zero-order valence-electron chi connectivity index (χ0n) is 11.1. The summed E-state index contributed by atoms with van der Waals surface area (Å²) in [6, 6.07) is 7.31. The molecule has 1 aromatic heterocycles. The summed E-state index contributed by atoms with van der Waals surface area (Å²) in [5.74, 6) is -0.0173.